The van der Waals surface area contributed by atoms with E-state index in [-0.39, 0.29) is 17.2 Å². The number of ketones is 1. The van der Waals surface area contributed by atoms with E-state index in [9.17, 15) is 9.59 Å². The molecule has 0 saturated heterocycles. The van der Waals surface area contributed by atoms with Crippen LogP contribution in [0.15, 0.2) is 0 Å². The molecule has 0 N–H and O–H groups in total. The van der Waals surface area contributed by atoms with Gasteiger partial charge in [-0.3, -0.25) is 9.59 Å². The van der Waals surface area contributed by atoms with Crippen LogP contribution in [0.25, 0.3) is 0 Å². The summed E-state index contributed by atoms with van der Waals surface area (Å²) in [7, 11) is 0. The predicted molar refractivity (Wildman–Crippen MR) is 80.6 cm³/mol. The number of rotatable bonds is 6. The molecule has 118 valence electrons. The van der Waals surface area contributed by atoms with Gasteiger partial charge in [0.05, 0.1) is 6.61 Å². The minimum absolute atomic E-state index is 0.0622. The summed E-state index contributed by atoms with van der Waals surface area (Å²) >= 11 is 0. The smallest absolute Gasteiger partial charge is 0.317 e. The van der Waals surface area contributed by atoms with Gasteiger partial charge in [0, 0.05) is 6.42 Å². The molecule has 4 fully saturated rings. The van der Waals surface area contributed by atoms with E-state index in [0.29, 0.717) is 13.0 Å². The van der Waals surface area contributed by atoms with Gasteiger partial charge >= 0.3 is 5.97 Å². The fourth-order valence-electron chi connectivity index (χ4n) is 5.87. The Morgan fingerprint density at radius 3 is 2.00 bits per heavy atom. The Bertz CT molecular complexity index is 373. The van der Waals surface area contributed by atoms with Crippen LogP contribution in [0.1, 0.15) is 65.2 Å². The van der Waals surface area contributed by atoms with Crippen LogP contribution in [0.2, 0.25) is 0 Å². The molecule has 0 radical (unpaired) electrons. The van der Waals surface area contributed by atoms with Gasteiger partial charge in [-0.25, -0.2) is 0 Å². The molecule has 3 heteroatoms. The molecule has 0 aromatic heterocycles. The van der Waals surface area contributed by atoms with Gasteiger partial charge in [0.2, 0.25) is 0 Å². The zero-order valence-corrected chi connectivity index (χ0v) is 13.4. The Labute approximate surface area is 127 Å². The topological polar surface area (TPSA) is 43.4 Å². The van der Waals surface area contributed by atoms with Gasteiger partial charge in [0.25, 0.3) is 0 Å². The summed E-state index contributed by atoms with van der Waals surface area (Å²) in [4.78, 5) is 25.2. The monoisotopic (exact) mass is 292 g/mol. The molecule has 0 unspecified atom stereocenters. The summed E-state index contributed by atoms with van der Waals surface area (Å²) in [6.45, 7) is 4.22. The largest absolute Gasteiger partial charge is 0.465 e. The van der Waals surface area contributed by atoms with Gasteiger partial charge in [-0.15, -0.1) is 0 Å². The molecular formula is C18H28O3. The third-order valence-corrected chi connectivity index (χ3v) is 6.04. The first kappa shape index (κ1) is 15.1. The Balaban J connectivity index is 1.88. The predicted octanol–water partition coefficient (Wildman–Crippen LogP) is 3.75. The second-order valence-corrected chi connectivity index (χ2v) is 7.68. The van der Waals surface area contributed by atoms with Crippen LogP contribution in [-0.2, 0) is 14.3 Å². The Kier molecular flexibility index (Phi) is 4.11. The number of carbonyl (C=O) groups is 2. The first-order valence-electron chi connectivity index (χ1n) is 8.77. The molecule has 0 spiro atoms. The normalized spacial score (nSPS) is 38.3. The zero-order valence-electron chi connectivity index (χ0n) is 13.4. The fourth-order valence-corrected chi connectivity index (χ4v) is 5.87. The fraction of sp³-hybridized carbons (Fsp3) is 0.889. The lowest BCUT2D eigenvalue weighted by Crippen LogP contribution is -2.53. The number of ether oxygens (including phenoxy) is 1. The van der Waals surface area contributed by atoms with Crippen molar-refractivity contribution in [2.45, 2.75) is 65.2 Å². The van der Waals surface area contributed by atoms with Crippen molar-refractivity contribution in [3.63, 3.8) is 0 Å². The third kappa shape index (κ3) is 2.64. The lowest BCUT2D eigenvalue weighted by molar-refractivity contribution is -0.168. The van der Waals surface area contributed by atoms with E-state index in [1.165, 1.54) is 19.3 Å². The summed E-state index contributed by atoms with van der Waals surface area (Å²) < 4.78 is 5.30. The first-order chi connectivity index (χ1) is 10.1. The van der Waals surface area contributed by atoms with Crippen molar-refractivity contribution in [1.29, 1.82) is 0 Å². The van der Waals surface area contributed by atoms with Crippen LogP contribution >= 0.6 is 0 Å². The molecule has 4 bridgehead atoms. The molecule has 0 aromatic carbocycles. The van der Waals surface area contributed by atoms with Crippen molar-refractivity contribution in [3.8, 4) is 0 Å². The molecular weight excluding hydrogens is 264 g/mol. The van der Waals surface area contributed by atoms with Crippen molar-refractivity contribution in [3.05, 3.63) is 0 Å². The lowest BCUT2D eigenvalue weighted by atomic mass is 9.46. The van der Waals surface area contributed by atoms with E-state index in [2.05, 4.69) is 0 Å². The van der Waals surface area contributed by atoms with E-state index in [4.69, 9.17) is 4.74 Å². The van der Waals surface area contributed by atoms with Crippen molar-refractivity contribution >= 4 is 11.8 Å². The zero-order chi connectivity index (χ0) is 15.0. The number of esters is 1. The van der Waals surface area contributed by atoms with E-state index in [1.807, 2.05) is 13.8 Å². The minimum atomic E-state index is -0.481. The summed E-state index contributed by atoms with van der Waals surface area (Å²) in [5.41, 5.74) is -0.0622. The summed E-state index contributed by atoms with van der Waals surface area (Å²) in [6.07, 6.45) is 8.57. The van der Waals surface area contributed by atoms with E-state index in [0.717, 1.165) is 43.4 Å². The molecule has 4 rings (SSSR count). The summed E-state index contributed by atoms with van der Waals surface area (Å²) in [5.74, 6) is 1.68. The molecule has 4 aliphatic carbocycles. The van der Waals surface area contributed by atoms with E-state index in [1.54, 1.807) is 0 Å². The summed E-state index contributed by atoms with van der Waals surface area (Å²) in [5, 5.41) is 0. The average Bonchev–Trinajstić information content (AvgIpc) is 2.37. The minimum Gasteiger partial charge on any atom is -0.465 e. The molecule has 4 aliphatic rings. The highest BCUT2D eigenvalue weighted by atomic mass is 16.5. The highest BCUT2D eigenvalue weighted by molar-refractivity contribution is 6.00. The standard InChI is InChI=1S/C18H28O3/c1-3-5-15(19)16(17(20)21-4-2)18-9-12-6-13(10-18)8-14(7-12)11-18/h12-14,16H,3-11H2,1-2H3/t12?,13?,14?,16-,18?/m1/s1. The molecule has 4 saturated carbocycles. The average molecular weight is 292 g/mol. The molecule has 0 aromatic rings. The number of hydrogen-bond acceptors (Lipinski definition) is 3. The Hall–Kier alpha value is -0.860. The van der Waals surface area contributed by atoms with Crippen molar-refractivity contribution in [2.75, 3.05) is 6.61 Å². The van der Waals surface area contributed by atoms with Gasteiger partial charge in [0.1, 0.15) is 11.7 Å². The van der Waals surface area contributed by atoms with Gasteiger partial charge in [-0.2, -0.15) is 0 Å². The quantitative estimate of drug-likeness (QED) is 0.553. The third-order valence-electron chi connectivity index (χ3n) is 6.04. The maximum absolute atomic E-state index is 12.7. The maximum Gasteiger partial charge on any atom is 0.317 e. The first-order valence-corrected chi connectivity index (χ1v) is 8.77. The highest BCUT2D eigenvalue weighted by Crippen LogP contribution is 2.63. The van der Waals surface area contributed by atoms with Crippen LogP contribution < -0.4 is 0 Å². The Morgan fingerprint density at radius 2 is 1.57 bits per heavy atom. The van der Waals surface area contributed by atoms with Gasteiger partial charge in [-0.05, 0) is 75.0 Å². The van der Waals surface area contributed by atoms with E-state index < -0.39 is 5.92 Å². The maximum atomic E-state index is 12.7. The van der Waals surface area contributed by atoms with Crippen molar-refractivity contribution in [1.82, 2.24) is 0 Å². The lowest BCUT2D eigenvalue weighted by Gasteiger charge is -2.58. The van der Waals surface area contributed by atoms with Crippen LogP contribution in [0, 0.1) is 29.1 Å². The second kappa shape index (κ2) is 5.73. The molecule has 1 atom stereocenters. The van der Waals surface area contributed by atoms with Gasteiger partial charge in [0.15, 0.2) is 0 Å². The van der Waals surface area contributed by atoms with Gasteiger partial charge in [-0.1, -0.05) is 6.92 Å². The highest BCUT2D eigenvalue weighted by Gasteiger charge is 2.57. The van der Waals surface area contributed by atoms with Crippen LogP contribution in [0.5, 0.6) is 0 Å². The molecule has 3 nitrogen and oxygen atoms in total. The molecule has 0 heterocycles. The van der Waals surface area contributed by atoms with Gasteiger partial charge < -0.3 is 4.74 Å². The Morgan fingerprint density at radius 1 is 1.05 bits per heavy atom. The second-order valence-electron chi connectivity index (χ2n) is 7.68. The molecule has 21 heavy (non-hydrogen) atoms. The van der Waals surface area contributed by atoms with E-state index >= 15 is 0 Å². The van der Waals surface area contributed by atoms with Crippen LogP contribution in [0.3, 0.4) is 0 Å². The SMILES string of the molecule is CCCC(=O)[C@H](C(=O)OCC)C12CC3CC(CC(C3)C1)C2. The number of carbonyl (C=O) groups excluding carboxylic acids is 2. The van der Waals surface area contributed by atoms with Crippen LogP contribution in [-0.4, -0.2) is 18.4 Å². The number of hydrogen-bond donors (Lipinski definition) is 0. The molecule has 0 amide bonds. The van der Waals surface area contributed by atoms with Crippen molar-refractivity contribution in [2.24, 2.45) is 29.1 Å². The van der Waals surface area contributed by atoms with Crippen molar-refractivity contribution < 1.29 is 14.3 Å². The number of Topliss-reactive ketones (excluding diaryl/α,β-unsaturated/α-hetero) is 1. The molecule has 0 aliphatic heterocycles. The summed E-state index contributed by atoms with van der Waals surface area (Å²) in [6, 6.07) is 0. The van der Waals surface area contributed by atoms with Crippen LogP contribution in [0.4, 0.5) is 0 Å².